The van der Waals surface area contributed by atoms with Gasteiger partial charge in [0, 0.05) is 13.1 Å². The van der Waals surface area contributed by atoms with E-state index in [1.807, 2.05) is 0 Å². The summed E-state index contributed by atoms with van der Waals surface area (Å²) in [4.78, 5) is 13.8. The van der Waals surface area contributed by atoms with Gasteiger partial charge in [-0.25, -0.2) is 9.97 Å². The molecule has 0 unspecified atom stereocenters. The summed E-state index contributed by atoms with van der Waals surface area (Å²) in [5.41, 5.74) is 0. The van der Waals surface area contributed by atoms with Crippen molar-refractivity contribution in [3.63, 3.8) is 0 Å². The zero-order valence-corrected chi connectivity index (χ0v) is 6.19. The van der Waals surface area contributed by atoms with Gasteiger partial charge in [-0.3, -0.25) is 0 Å². The SMILES string of the molecule is [c]1ncnc(N2CCCC2)n1. The average Bonchev–Trinajstić information content (AvgIpc) is 2.58. The monoisotopic (exact) mass is 149 g/mol. The highest BCUT2D eigenvalue weighted by molar-refractivity contribution is 5.28. The molecule has 1 fully saturated rings. The molecule has 0 atom stereocenters. The van der Waals surface area contributed by atoms with Crippen LogP contribution in [0.2, 0.25) is 0 Å². The van der Waals surface area contributed by atoms with Gasteiger partial charge in [0.05, 0.1) is 0 Å². The summed E-state index contributed by atoms with van der Waals surface area (Å²) in [6, 6.07) is 0. The van der Waals surface area contributed by atoms with Crippen molar-refractivity contribution in [3.8, 4) is 0 Å². The standard InChI is InChI=1S/C7H9N4/c1-2-4-11(3-1)7-9-5-8-6-10-7/h5H,1-4H2. The van der Waals surface area contributed by atoms with Crippen LogP contribution in [0.1, 0.15) is 12.8 Å². The Morgan fingerprint density at radius 2 is 2.18 bits per heavy atom. The van der Waals surface area contributed by atoms with Gasteiger partial charge in [0.1, 0.15) is 6.33 Å². The molecule has 4 heteroatoms. The summed E-state index contributed by atoms with van der Waals surface area (Å²) in [7, 11) is 0. The van der Waals surface area contributed by atoms with Crippen molar-refractivity contribution >= 4 is 5.95 Å². The van der Waals surface area contributed by atoms with Crippen LogP contribution in [-0.2, 0) is 0 Å². The lowest BCUT2D eigenvalue weighted by Gasteiger charge is -2.12. The van der Waals surface area contributed by atoms with Crippen molar-refractivity contribution in [3.05, 3.63) is 12.7 Å². The second kappa shape index (κ2) is 2.82. The smallest absolute Gasteiger partial charge is 0.228 e. The van der Waals surface area contributed by atoms with Crippen molar-refractivity contribution in [2.24, 2.45) is 0 Å². The number of anilines is 1. The Hall–Kier alpha value is -1.19. The summed E-state index contributed by atoms with van der Waals surface area (Å²) in [5.74, 6) is 0.762. The molecule has 11 heavy (non-hydrogen) atoms. The first-order chi connectivity index (χ1) is 5.47. The van der Waals surface area contributed by atoms with E-state index >= 15 is 0 Å². The highest BCUT2D eigenvalue weighted by Gasteiger charge is 2.13. The topological polar surface area (TPSA) is 41.9 Å². The van der Waals surface area contributed by atoms with Crippen molar-refractivity contribution in [1.82, 2.24) is 15.0 Å². The average molecular weight is 149 g/mol. The molecule has 1 radical (unpaired) electrons. The minimum absolute atomic E-state index is 0.762. The molecule has 1 aliphatic rings. The van der Waals surface area contributed by atoms with Crippen LogP contribution in [0.25, 0.3) is 0 Å². The van der Waals surface area contributed by atoms with Gasteiger partial charge in [0.15, 0.2) is 0 Å². The Labute approximate surface area is 65.3 Å². The fourth-order valence-electron chi connectivity index (χ4n) is 1.28. The van der Waals surface area contributed by atoms with Gasteiger partial charge in [-0.2, -0.15) is 4.98 Å². The molecule has 0 amide bonds. The van der Waals surface area contributed by atoms with E-state index in [1.165, 1.54) is 19.2 Å². The molecule has 0 bridgehead atoms. The Morgan fingerprint density at radius 3 is 2.82 bits per heavy atom. The molecule has 0 spiro atoms. The Bertz CT molecular complexity index is 217. The molecule has 1 aromatic rings. The zero-order chi connectivity index (χ0) is 7.52. The van der Waals surface area contributed by atoms with E-state index in [0.717, 1.165) is 19.0 Å². The molecule has 0 aliphatic carbocycles. The third kappa shape index (κ3) is 1.29. The summed E-state index contributed by atoms with van der Waals surface area (Å²) in [5, 5.41) is 0. The molecule has 2 rings (SSSR count). The first-order valence-corrected chi connectivity index (χ1v) is 3.77. The highest BCUT2D eigenvalue weighted by atomic mass is 15.3. The van der Waals surface area contributed by atoms with Gasteiger partial charge >= 0.3 is 0 Å². The number of nitrogens with zero attached hydrogens (tertiary/aromatic N) is 4. The largest absolute Gasteiger partial charge is 0.341 e. The maximum absolute atomic E-state index is 4.03. The van der Waals surface area contributed by atoms with E-state index in [-0.39, 0.29) is 0 Å². The molecule has 0 N–H and O–H groups in total. The lowest BCUT2D eigenvalue weighted by atomic mass is 10.4. The summed E-state index contributed by atoms with van der Waals surface area (Å²) in [6.45, 7) is 2.13. The van der Waals surface area contributed by atoms with Gasteiger partial charge in [0.2, 0.25) is 12.3 Å². The van der Waals surface area contributed by atoms with Crippen LogP contribution in [0.15, 0.2) is 6.33 Å². The highest BCUT2D eigenvalue weighted by Crippen LogP contribution is 2.12. The zero-order valence-electron chi connectivity index (χ0n) is 6.19. The van der Waals surface area contributed by atoms with E-state index in [2.05, 4.69) is 26.2 Å². The van der Waals surface area contributed by atoms with Crippen molar-refractivity contribution in [2.45, 2.75) is 12.8 Å². The Balaban J connectivity index is 2.16. The van der Waals surface area contributed by atoms with Gasteiger partial charge in [-0.1, -0.05) is 0 Å². The second-order valence-electron chi connectivity index (χ2n) is 2.58. The van der Waals surface area contributed by atoms with Gasteiger partial charge in [0.25, 0.3) is 0 Å². The molecule has 2 heterocycles. The fourth-order valence-corrected chi connectivity index (χ4v) is 1.28. The summed E-state index contributed by atoms with van der Waals surface area (Å²) < 4.78 is 0. The van der Waals surface area contributed by atoms with Gasteiger partial charge in [-0.05, 0) is 12.8 Å². The Morgan fingerprint density at radius 1 is 1.36 bits per heavy atom. The van der Waals surface area contributed by atoms with Crippen molar-refractivity contribution < 1.29 is 0 Å². The van der Waals surface area contributed by atoms with Gasteiger partial charge in [-0.15, -0.1) is 0 Å². The maximum Gasteiger partial charge on any atom is 0.228 e. The van der Waals surface area contributed by atoms with Crippen LogP contribution in [-0.4, -0.2) is 28.0 Å². The molecule has 1 aromatic heterocycles. The lowest BCUT2D eigenvalue weighted by Crippen LogP contribution is -2.20. The first kappa shape index (κ1) is 6.52. The minimum Gasteiger partial charge on any atom is -0.341 e. The second-order valence-corrected chi connectivity index (χ2v) is 2.58. The van der Waals surface area contributed by atoms with Crippen LogP contribution in [0.3, 0.4) is 0 Å². The van der Waals surface area contributed by atoms with Crippen LogP contribution < -0.4 is 4.90 Å². The van der Waals surface area contributed by atoms with Crippen molar-refractivity contribution in [1.29, 1.82) is 0 Å². The third-order valence-electron chi connectivity index (χ3n) is 1.83. The number of hydrogen-bond acceptors (Lipinski definition) is 4. The summed E-state index contributed by atoms with van der Waals surface area (Å²) >= 11 is 0. The number of aromatic nitrogens is 3. The predicted octanol–water partition coefficient (Wildman–Crippen LogP) is 0.272. The number of rotatable bonds is 1. The van der Waals surface area contributed by atoms with Crippen LogP contribution in [0, 0.1) is 6.33 Å². The van der Waals surface area contributed by atoms with Crippen LogP contribution >= 0.6 is 0 Å². The van der Waals surface area contributed by atoms with E-state index in [0.29, 0.717) is 0 Å². The molecule has 1 saturated heterocycles. The first-order valence-electron chi connectivity index (χ1n) is 3.77. The summed E-state index contributed by atoms with van der Waals surface area (Å²) in [6.07, 6.45) is 6.50. The third-order valence-corrected chi connectivity index (χ3v) is 1.83. The van der Waals surface area contributed by atoms with Crippen LogP contribution in [0.5, 0.6) is 0 Å². The quantitative estimate of drug-likeness (QED) is 0.575. The van der Waals surface area contributed by atoms with E-state index in [9.17, 15) is 0 Å². The van der Waals surface area contributed by atoms with Crippen LogP contribution in [0.4, 0.5) is 5.95 Å². The molecule has 4 nitrogen and oxygen atoms in total. The molecule has 0 saturated carbocycles. The molecule has 1 aliphatic heterocycles. The molecule has 0 aromatic carbocycles. The minimum atomic E-state index is 0.762. The van der Waals surface area contributed by atoms with Gasteiger partial charge < -0.3 is 4.90 Å². The number of hydrogen-bond donors (Lipinski definition) is 0. The molecule has 57 valence electrons. The maximum atomic E-state index is 4.03. The molecular weight excluding hydrogens is 140 g/mol. The van der Waals surface area contributed by atoms with Crippen molar-refractivity contribution in [2.75, 3.05) is 18.0 Å². The predicted molar refractivity (Wildman–Crippen MR) is 40.1 cm³/mol. The Kier molecular flexibility index (Phi) is 1.67. The van der Waals surface area contributed by atoms with E-state index in [4.69, 9.17) is 0 Å². The van der Waals surface area contributed by atoms with E-state index in [1.54, 1.807) is 0 Å². The lowest BCUT2D eigenvalue weighted by molar-refractivity contribution is 0.875. The molecular formula is C7H9N4. The normalized spacial score (nSPS) is 17.3. The van der Waals surface area contributed by atoms with E-state index < -0.39 is 0 Å². The fraction of sp³-hybridized carbons (Fsp3) is 0.571.